The quantitative estimate of drug-likeness (QED) is 0.843. The van der Waals surface area contributed by atoms with Gasteiger partial charge in [-0.3, -0.25) is 4.79 Å². The Labute approximate surface area is 141 Å². The van der Waals surface area contributed by atoms with E-state index in [9.17, 15) is 4.79 Å². The smallest absolute Gasteiger partial charge is 0.264 e. The summed E-state index contributed by atoms with van der Waals surface area (Å²) in [4.78, 5) is 15.0. The molecule has 0 bridgehead atoms. The summed E-state index contributed by atoms with van der Waals surface area (Å²) < 4.78 is 5.13. The Balaban J connectivity index is 0.00000242. The maximum atomic E-state index is 12.5. The first kappa shape index (κ1) is 18.5. The second-order valence-corrected chi connectivity index (χ2v) is 5.58. The third-order valence-corrected chi connectivity index (χ3v) is 4.12. The number of carbonyl (C=O) groups excluding carboxylic acids is 1. The molecule has 2 aromatic rings. The zero-order chi connectivity index (χ0) is 15.1. The van der Waals surface area contributed by atoms with Crippen LogP contribution in [0.25, 0.3) is 0 Å². The summed E-state index contributed by atoms with van der Waals surface area (Å²) in [6.07, 6.45) is 0.828. The molecule has 2 N–H and O–H groups in total. The highest BCUT2D eigenvalue weighted by molar-refractivity contribution is 7.12. The van der Waals surface area contributed by atoms with Gasteiger partial charge in [0, 0.05) is 31.1 Å². The first-order valence-electron chi connectivity index (χ1n) is 6.90. The molecule has 0 spiro atoms. The Morgan fingerprint density at radius 3 is 2.59 bits per heavy atom. The first-order chi connectivity index (χ1) is 10.2. The van der Waals surface area contributed by atoms with E-state index in [1.54, 1.807) is 18.1 Å². The van der Waals surface area contributed by atoms with Crippen LogP contribution in [-0.4, -0.2) is 37.6 Å². The number of hydrogen-bond donors (Lipinski definition) is 1. The molecule has 0 aliphatic heterocycles. The fourth-order valence-electron chi connectivity index (χ4n) is 2.07. The lowest BCUT2D eigenvalue weighted by Crippen LogP contribution is -2.36. The molecule has 4 nitrogen and oxygen atoms in total. The fraction of sp³-hybridized carbons (Fsp3) is 0.312. The predicted octanol–water partition coefficient (Wildman–Crippen LogP) is 2.82. The number of carbonyl (C=O) groups is 1. The number of hydrogen-bond acceptors (Lipinski definition) is 4. The molecule has 0 saturated heterocycles. The van der Waals surface area contributed by atoms with Crippen molar-refractivity contribution < 1.29 is 9.53 Å². The number of ether oxygens (including phenoxy) is 1. The number of rotatable bonds is 7. The molecule has 22 heavy (non-hydrogen) atoms. The van der Waals surface area contributed by atoms with E-state index in [1.807, 2.05) is 23.6 Å². The Hall–Kier alpha value is -1.56. The van der Waals surface area contributed by atoms with E-state index in [4.69, 9.17) is 10.5 Å². The molecule has 0 aliphatic carbocycles. The number of thiophene rings is 1. The molecule has 120 valence electrons. The van der Waals surface area contributed by atoms with Gasteiger partial charge in [0.05, 0.1) is 12.0 Å². The van der Waals surface area contributed by atoms with Crippen molar-refractivity contribution in [3.63, 3.8) is 0 Å². The number of benzene rings is 1. The van der Waals surface area contributed by atoms with E-state index in [-0.39, 0.29) is 18.3 Å². The van der Waals surface area contributed by atoms with Crippen LogP contribution < -0.4 is 10.5 Å². The van der Waals surface area contributed by atoms with Gasteiger partial charge in [0.2, 0.25) is 0 Å². The molecule has 0 atom stereocenters. The predicted molar refractivity (Wildman–Crippen MR) is 93.2 cm³/mol. The van der Waals surface area contributed by atoms with Crippen LogP contribution in [0.4, 0.5) is 0 Å². The SMILES string of the molecule is COc1csc(C(=O)N(CCN)CCc2ccccc2)c1.Cl. The lowest BCUT2D eigenvalue weighted by atomic mass is 10.1. The molecule has 2 rings (SSSR count). The topological polar surface area (TPSA) is 55.6 Å². The maximum absolute atomic E-state index is 12.5. The molecule has 1 aromatic heterocycles. The summed E-state index contributed by atoms with van der Waals surface area (Å²) in [7, 11) is 1.60. The molecule has 1 amide bonds. The number of halogens is 1. The summed E-state index contributed by atoms with van der Waals surface area (Å²) in [5.41, 5.74) is 6.85. The molecule has 1 aromatic carbocycles. The Morgan fingerprint density at radius 1 is 1.27 bits per heavy atom. The van der Waals surface area contributed by atoms with Gasteiger partial charge in [0.25, 0.3) is 5.91 Å². The van der Waals surface area contributed by atoms with Gasteiger partial charge in [-0.25, -0.2) is 0 Å². The normalized spacial score (nSPS) is 9.91. The van der Waals surface area contributed by atoms with E-state index < -0.39 is 0 Å². The highest BCUT2D eigenvalue weighted by Crippen LogP contribution is 2.22. The average molecular weight is 341 g/mol. The summed E-state index contributed by atoms with van der Waals surface area (Å²) in [6, 6.07) is 11.9. The maximum Gasteiger partial charge on any atom is 0.264 e. The van der Waals surface area contributed by atoms with Crippen molar-refractivity contribution in [3.8, 4) is 5.75 Å². The van der Waals surface area contributed by atoms with Crippen molar-refractivity contribution in [1.29, 1.82) is 0 Å². The molecule has 0 radical (unpaired) electrons. The van der Waals surface area contributed by atoms with Gasteiger partial charge in [-0.1, -0.05) is 30.3 Å². The largest absolute Gasteiger partial charge is 0.496 e. The second kappa shape index (κ2) is 9.46. The monoisotopic (exact) mass is 340 g/mol. The van der Waals surface area contributed by atoms with Crippen LogP contribution in [0.3, 0.4) is 0 Å². The summed E-state index contributed by atoms with van der Waals surface area (Å²) in [5.74, 6) is 0.740. The van der Waals surface area contributed by atoms with Gasteiger partial charge in [-0.15, -0.1) is 23.7 Å². The molecule has 6 heteroatoms. The van der Waals surface area contributed by atoms with Gasteiger partial charge < -0.3 is 15.4 Å². The first-order valence-corrected chi connectivity index (χ1v) is 7.78. The van der Waals surface area contributed by atoms with E-state index in [1.165, 1.54) is 16.9 Å². The van der Waals surface area contributed by atoms with E-state index >= 15 is 0 Å². The fourth-order valence-corrected chi connectivity index (χ4v) is 2.89. The zero-order valence-corrected chi connectivity index (χ0v) is 14.2. The van der Waals surface area contributed by atoms with Crippen molar-refractivity contribution in [2.24, 2.45) is 5.73 Å². The Bertz CT molecular complexity index is 575. The number of amides is 1. The third-order valence-electron chi connectivity index (χ3n) is 3.22. The van der Waals surface area contributed by atoms with Gasteiger partial charge in [0.15, 0.2) is 0 Å². The van der Waals surface area contributed by atoms with Crippen LogP contribution >= 0.6 is 23.7 Å². The average Bonchev–Trinajstić information content (AvgIpc) is 3.01. The van der Waals surface area contributed by atoms with Crippen LogP contribution in [0.5, 0.6) is 5.75 Å². The number of nitrogens with two attached hydrogens (primary N) is 1. The second-order valence-electron chi connectivity index (χ2n) is 4.67. The Morgan fingerprint density at radius 2 is 2.00 bits per heavy atom. The van der Waals surface area contributed by atoms with Crippen LogP contribution in [0, 0.1) is 0 Å². The summed E-state index contributed by atoms with van der Waals surface area (Å²) in [5, 5.41) is 1.84. The minimum atomic E-state index is 0. The summed E-state index contributed by atoms with van der Waals surface area (Å²) in [6.45, 7) is 1.69. The molecule has 0 aliphatic rings. The van der Waals surface area contributed by atoms with E-state index in [2.05, 4.69) is 12.1 Å². The van der Waals surface area contributed by atoms with Crippen LogP contribution in [0.1, 0.15) is 15.2 Å². The minimum absolute atomic E-state index is 0. The number of methoxy groups -OCH3 is 1. The number of nitrogens with zero attached hydrogens (tertiary/aromatic N) is 1. The van der Waals surface area contributed by atoms with Gasteiger partial charge in [-0.2, -0.15) is 0 Å². The van der Waals surface area contributed by atoms with Crippen molar-refractivity contribution in [3.05, 3.63) is 52.2 Å². The van der Waals surface area contributed by atoms with Crippen molar-refractivity contribution >= 4 is 29.7 Å². The minimum Gasteiger partial charge on any atom is -0.496 e. The van der Waals surface area contributed by atoms with E-state index in [0.717, 1.165) is 12.2 Å². The highest BCUT2D eigenvalue weighted by atomic mass is 35.5. The molecular formula is C16H21ClN2O2S. The van der Waals surface area contributed by atoms with Crippen LogP contribution in [0.15, 0.2) is 41.8 Å². The van der Waals surface area contributed by atoms with Crippen molar-refractivity contribution in [2.75, 3.05) is 26.7 Å². The lowest BCUT2D eigenvalue weighted by molar-refractivity contribution is 0.0766. The third kappa shape index (κ3) is 5.02. The lowest BCUT2D eigenvalue weighted by Gasteiger charge is -2.21. The molecule has 0 unspecified atom stereocenters. The standard InChI is InChI=1S/C16H20N2O2S.ClH/c1-20-14-11-15(21-12-14)16(19)18(10-8-17)9-7-13-5-3-2-4-6-13;/h2-6,11-12H,7-10,17H2,1H3;1H. The van der Waals surface area contributed by atoms with Crippen LogP contribution in [-0.2, 0) is 6.42 Å². The van der Waals surface area contributed by atoms with E-state index in [0.29, 0.717) is 24.5 Å². The molecule has 0 fully saturated rings. The van der Waals surface area contributed by atoms with Crippen LogP contribution in [0.2, 0.25) is 0 Å². The van der Waals surface area contributed by atoms with Gasteiger partial charge >= 0.3 is 0 Å². The Kier molecular flexibility index (Phi) is 7.95. The molecule has 0 saturated carbocycles. The molecule has 1 heterocycles. The van der Waals surface area contributed by atoms with Gasteiger partial charge in [-0.05, 0) is 12.0 Å². The van der Waals surface area contributed by atoms with Crippen molar-refractivity contribution in [2.45, 2.75) is 6.42 Å². The zero-order valence-electron chi connectivity index (χ0n) is 12.5. The van der Waals surface area contributed by atoms with Gasteiger partial charge in [0.1, 0.15) is 5.75 Å². The molecular weight excluding hydrogens is 320 g/mol. The summed E-state index contributed by atoms with van der Waals surface area (Å²) >= 11 is 1.40. The highest BCUT2D eigenvalue weighted by Gasteiger charge is 2.17. The van der Waals surface area contributed by atoms with Crippen molar-refractivity contribution in [1.82, 2.24) is 4.90 Å².